The standard InChI is InChI=1S/Cl3O.ClH.Mo/c1-4(2)3;;/h;1H;/q+1;;/p-1. The van der Waals surface area contributed by atoms with Crippen molar-refractivity contribution in [1.82, 2.24) is 0 Å². The van der Waals surface area contributed by atoms with Crippen molar-refractivity contribution in [2.24, 2.45) is 0 Å². The van der Waals surface area contributed by atoms with Crippen molar-refractivity contribution in [3.05, 3.63) is 0 Å². The zero-order chi connectivity index (χ0) is 3.58. The molecule has 40 valence electrons. The summed E-state index contributed by atoms with van der Waals surface area (Å²) in [4.78, 5) is 0. The summed E-state index contributed by atoms with van der Waals surface area (Å²) >= 11 is 13.7. The number of hydrogen-bond donors (Lipinski definition) is 0. The predicted molar refractivity (Wildman–Crippen MR) is 18.6 cm³/mol. The largest absolute Gasteiger partial charge is 1.00 e. The molecule has 6 heavy (non-hydrogen) atoms. The summed E-state index contributed by atoms with van der Waals surface area (Å²) in [5.74, 6) is 0. The molecule has 0 saturated carbocycles. The molecule has 0 aromatic rings. The summed E-state index contributed by atoms with van der Waals surface area (Å²) in [6.07, 6.45) is 0. The van der Waals surface area contributed by atoms with Gasteiger partial charge in [0.15, 0.2) is 0 Å². The van der Waals surface area contributed by atoms with Crippen molar-refractivity contribution < 1.29 is 36.5 Å². The van der Waals surface area contributed by atoms with Crippen molar-refractivity contribution >= 4 is 35.6 Å². The Hall–Kier alpha value is 1.81. The second-order valence-electron chi connectivity index (χ2n) is 0.175. The summed E-state index contributed by atoms with van der Waals surface area (Å²) in [5, 5.41) is 0. The molecule has 0 atom stereocenters. The molecule has 0 aromatic carbocycles. The van der Waals surface area contributed by atoms with E-state index in [1.165, 1.54) is 0 Å². The molecule has 6 heteroatoms. The molecule has 0 unspecified atom stereocenters. The summed E-state index contributed by atoms with van der Waals surface area (Å²) in [7, 11) is 0. The molecule has 0 N–H and O–H groups in total. The van der Waals surface area contributed by atoms with Crippen molar-refractivity contribution in [3.63, 3.8) is 0 Å². The minimum Gasteiger partial charge on any atom is -1.00 e. The maximum Gasteiger partial charge on any atom is 0.354 e. The van der Waals surface area contributed by atoms with Crippen LogP contribution in [-0.4, -0.2) is 0 Å². The fraction of sp³-hybridized carbons (Fsp3) is 0. The van der Waals surface area contributed by atoms with Crippen LogP contribution >= 0.6 is 35.6 Å². The number of hydrogen-bond acceptors (Lipinski definition) is 0. The van der Waals surface area contributed by atoms with Gasteiger partial charge < -0.3 is 12.4 Å². The minimum absolute atomic E-state index is 0. The van der Waals surface area contributed by atoms with Crippen LogP contribution in [0.5, 0.6) is 0 Å². The van der Waals surface area contributed by atoms with E-state index in [4.69, 9.17) is 0 Å². The predicted octanol–water partition coefficient (Wildman–Crippen LogP) is -0.998. The van der Waals surface area contributed by atoms with Gasteiger partial charge in [-0.15, -0.1) is 0 Å². The van der Waals surface area contributed by atoms with Gasteiger partial charge in [0.2, 0.25) is 0 Å². The van der Waals surface area contributed by atoms with Gasteiger partial charge in [-0.2, -0.15) is 0 Å². The molecule has 0 aliphatic rings. The van der Waals surface area contributed by atoms with E-state index in [0.717, 1.165) is 3.02 Å². The Bertz CT molecular complexity index is 12.3. The Balaban J connectivity index is -0.0000000450. The Morgan fingerprint density at radius 2 is 1.00 bits per heavy atom. The molecule has 0 amide bonds. The van der Waals surface area contributed by atoms with Gasteiger partial charge in [-0.3, -0.25) is 0 Å². The maximum atomic E-state index is 4.56. The smallest absolute Gasteiger partial charge is 0.354 e. The van der Waals surface area contributed by atoms with E-state index in [-0.39, 0.29) is 33.5 Å². The molecule has 0 radical (unpaired) electrons. The SMILES string of the molecule is Cl[O+](Cl)Cl.[Cl-].[Mo]. The first-order valence-electron chi connectivity index (χ1n) is 0.463. The number of rotatable bonds is 0. The Morgan fingerprint density at radius 3 is 1.00 bits per heavy atom. The van der Waals surface area contributed by atoms with Gasteiger partial charge in [0, 0.05) is 21.1 Å². The van der Waals surface area contributed by atoms with E-state index in [9.17, 15) is 0 Å². The molecule has 0 heterocycles. The van der Waals surface area contributed by atoms with Crippen molar-refractivity contribution in [1.29, 1.82) is 0 Å². The van der Waals surface area contributed by atoms with E-state index in [1.54, 1.807) is 0 Å². The van der Waals surface area contributed by atoms with E-state index in [1.807, 2.05) is 0 Å². The van der Waals surface area contributed by atoms with E-state index in [0.29, 0.717) is 0 Å². The summed E-state index contributed by atoms with van der Waals surface area (Å²) in [6.45, 7) is 0. The third-order valence-electron chi connectivity index (χ3n) is 0. The molecule has 0 saturated heterocycles. The molecule has 0 fully saturated rings. The normalized spacial score (nSPS) is 6.00. The molecular formula is Cl4MoO. The van der Waals surface area contributed by atoms with E-state index >= 15 is 0 Å². The Morgan fingerprint density at radius 1 is 1.00 bits per heavy atom. The van der Waals surface area contributed by atoms with Crippen LogP contribution in [0.4, 0.5) is 0 Å². The average molecular weight is 254 g/mol. The zero-order valence-electron chi connectivity index (χ0n) is 2.33. The van der Waals surface area contributed by atoms with Crippen LogP contribution in [0, 0.1) is 0 Å². The second kappa shape index (κ2) is 9.93. The van der Waals surface area contributed by atoms with Gasteiger partial charge in [0.05, 0.1) is 0 Å². The third-order valence-corrected chi connectivity index (χ3v) is 0. The third kappa shape index (κ3) is 41.1. The average Bonchev–Trinajstić information content (AvgIpc) is 0.811. The summed E-state index contributed by atoms with van der Waals surface area (Å²) in [5.41, 5.74) is 0. The first kappa shape index (κ1) is 15.7. The zero-order valence-corrected chi connectivity index (χ0v) is 7.36. The monoisotopic (exact) mass is 254 g/mol. The van der Waals surface area contributed by atoms with Crippen LogP contribution in [0.3, 0.4) is 0 Å². The fourth-order valence-electron chi connectivity index (χ4n) is 0. The van der Waals surface area contributed by atoms with Gasteiger partial charge in [-0.25, -0.2) is 0 Å². The maximum absolute atomic E-state index is 4.56. The Labute approximate surface area is 71.8 Å². The molecular weight excluding hydrogens is 254 g/mol. The first-order valence-corrected chi connectivity index (χ1v) is 1.39. The van der Waals surface area contributed by atoms with Gasteiger partial charge in [0.1, 0.15) is 0 Å². The molecule has 0 rings (SSSR count). The first-order chi connectivity index (χ1) is 1.73. The van der Waals surface area contributed by atoms with Gasteiger partial charge in [0.25, 0.3) is 0 Å². The van der Waals surface area contributed by atoms with E-state index in [2.05, 4.69) is 35.6 Å². The van der Waals surface area contributed by atoms with Crippen LogP contribution < -0.4 is 12.4 Å². The summed E-state index contributed by atoms with van der Waals surface area (Å²) < 4.78 is 1.00. The van der Waals surface area contributed by atoms with Crippen LogP contribution in [0.2, 0.25) is 0 Å². The van der Waals surface area contributed by atoms with Crippen LogP contribution in [0.25, 0.3) is 0 Å². The fourth-order valence-corrected chi connectivity index (χ4v) is 0. The van der Waals surface area contributed by atoms with Crippen molar-refractivity contribution in [2.75, 3.05) is 0 Å². The molecule has 0 aliphatic heterocycles. The minimum atomic E-state index is 0. The van der Waals surface area contributed by atoms with Crippen LogP contribution in [-0.2, 0) is 24.1 Å². The Kier molecular flexibility index (Phi) is 25.9. The van der Waals surface area contributed by atoms with Crippen LogP contribution in [0.1, 0.15) is 0 Å². The summed E-state index contributed by atoms with van der Waals surface area (Å²) in [6, 6.07) is 0. The van der Waals surface area contributed by atoms with Crippen molar-refractivity contribution in [2.45, 2.75) is 0 Å². The topological polar surface area (TPSA) is 2.70 Å². The second-order valence-corrected chi connectivity index (χ2v) is 1.57. The number of halogens is 4. The molecule has 0 bridgehead atoms. The van der Waals surface area contributed by atoms with Gasteiger partial charge in [-0.1, -0.05) is 3.02 Å². The molecule has 1 nitrogen and oxygen atoms in total. The quantitative estimate of drug-likeness (QED) is 0.385. The molecule has 0 aromatic heterocycles. The van der Waals surface area contributed by atoms with Gasteiger partial charge >= 0.3 is 35.6 Å². The van der Waals surface area contributed by atoms with E-state index < -0.39 is 0 Å². The van der Waals surface area contributed by atoms with Crippen molar-refractivity contribution in [3.8, 4) is 0 Å². The molecule has 0 aliphatic carbocycles. The van der Waals surface area contributed by atoms with Crippen LogP contribution in [0.15, 0.2) is 0 Å². The van der Waals surface area contributed by atoms with Gasteiger partial charge in [-0.05, 0) is 0 Å². The molecule has 0 spiro atoms.